The second-order valence-corrected chi connectivity index (χ2v) is 9.64. The lowest BCUT2D eigenvalue weighted by molar-refractivity contribution is -0.140. The van der Waals surface area contributed by atoms with Gasteiger partial charge in [0.15, 0.2) is 0 Å². The molecule has 38 heavy (non-hydrogen) atoms. The molecule has 6 rings (SSSR count). The lowest BCUT2D eigenvalue weighted by atomic mass is 9.93. The van der Waals surface area contributed by atoms with E-state index in [0.717, 1.165) is 33.4 Å². The number of aromatic amines is 1. The number of nitrogens with one attached hydrogen (secondary N) is 1. The highest BCUT2D eigenvalue weighted by atomic mass is 16.6. The van der Waals surface area contributed by atoms with E-state index in [1.165, 1.54) is 0 Å². The number of fused-ring (bicyclic) bond motifs is 1. The van der Waals surface area contributed by atoms with Gasteiger partial charge in [0.2, 0.25) is 0 Å². The number of aliphatic carboxylic acids is 1. The molecule has 1 amide bonds. The van der Waals surface area contributed by atoms with Gasteiger partial charge in [-0.1, -0.05) is 78.9 Å². The zero-order valence-corrected chi connectivity index (χ0v) is 20.7. The van der Waals surface area contributed by atoms with Gasteiger partial charge in [-0.3, -0.25) is 4.79 Å². The molecule has 1 aromatic heterocycles. The molecule has 1 atom stereocenters. The molecule has 7 nitrogen and oxygen atoms in total. The van der Waals surface area contributed by atoms with Crippen LogP contribution in [0.3, 0.4) is 0 Å². The number of carbonyl (C=O) groups excluding carboxylic acids is 1. The maximum absolute atomic E-state index is 12.8. The lowest BCUT2D eigenvalue weighted by Crippen LogP contribution is -2.19. The zero-order chi connectivity index (χ0) is 26.3. The van der Waals surface area contributed by atoms with Crippen LogP contribution < -0.4 is 0 Å². The fourth-order valence-corrected chi connectivity index (χ4v) is 4.87. The van der Waals surface area contributed by atoms with E-state index in [-0.39, 0.29) is 0 Å². The summed E-state index contributed by atoms with van der Waals surface area (Å²) in [7, 11) is 0. The Morgan fingerprint density at radius 3 is 2.18 bits per heavy atom. The molecular weight excluding hydrogens is 478 g/mol. The number of rotatable bonds is 6. The molecule has 0 radical (unpaired) electrons. The molecule has 2 N–H and O–H groups in total. The number of aliphatic imine (C=N–C) groups is 2. The van der Waals surface area contributed by atoms with Crippen LogP contribution in [0.25, 0.3) is 11.1 Å². The highest BCUT2D eigenvalue weighted by Gasteiger charge is 2.51. The molecule has 7 heteroatoms. The molecule has 1 aliphatic heterocycles. The topological polar surface area (TPSA) is 104 Å². The van der Waals surface area contributed by atoms with E-state index in [2.05, 4.69) is 15.0 Å². The molecule has 1 fully saturated rings. The van der Waals surface area contributed by atoms with Crippen molar-refractivity contribution < 1.29 is 19.4 Å². The van der Waals surface area contributed by atoms with Crippen LogP contribution in [0.15, 0.2) is 101 Å². The van der Waals surface area contributed by atoms with E-state index in [9.17, 15) is 14.7 Å². The van der Waals surface area contributed by atoms with Gasteiger partial charge >= 0.3 is 12.1 Å². The van der Waals surface area contributed by atoms with Gasteiger partial charge in [-0.2, -0.15) is 4.99 Å². The van der Waals surface area contributed by atoms with Crippen molar-refractivity contribution in [2.45, 2.75) is 31.3 Å². The first kappa shape index (κ1) is 23.6. The lowest BCUT2D eigenvalue weighted by Gasteiger charge is -2.12. The Morgan fingerprint density at radius 2 is 1.55 bits per heavy atom. The van der Waals surface area contributed by atoms with Gasteiger partial charge in [-0.15, -0.1) is 0 Å². The van der Waals surface area contributed by atoms with Crippen LogP contribution in [0.1, 0.15) is 48.1 Å². The standard InChI is InChI=1S/C31H25N3O4/c1-19(20-5-3-2-4-6-20)38-30(37)34-27-25-15-18-32-28(25)33-26(27)23-9-7-21(8-10-23)22-11-13-24(14-12-22)31(16-17-31)29(35)36/h2-15,18-19,32H,16-17H2,1H3,(H,35,36)/b34-27+. The Bertz CT molecular complexity index is 1580. The monoisotopic (exact) mass is 503 g/mol. The molecule has 3 aromatic carbocycles. The van der Waals surface area contributed by atoms with Crippen molar-refractivity contribution in [3.63, 3.8) is 0 Å². The van der Waals surface area contributed by atoms with Gasteiger partial charge in [0.1, 0.15) is 17.6 Å². The van der Waals surface area contributed by atoms with Crippen LogP contribution in [-0.2, 0) is 14.9 Å². The van der Waals surface area contributed by atoms with Crippen LogP contribution in [0.2, 0.25) is 0 Å². The second kappa shape index (κ2) is 9.27. The third kappa shape index (κ3) is 4.22. The minimum atomic E-state index is -0.757. The Labute approximate surface area is 219 Å². The second-order valence-electron chi connectivity index (χ2n) is 9.64. The summed E-state index contributed by atoms with van der Waals surface area (Å²) in [5.74, 6) is -0.109. The predicted molar refractivity (Wildman–Crippen MR) is 145 cm³/mol. The summed E-state index contributed by atoms with van der Waals surface area (Å²) in [6.07, 6.45) is 2.02. The Kier molecular flexibility index (Phi) is 5.76. The number of hydrogen-bond donors (Lipinski definition) is 2. The van der Waals surface area contributed by atoms with E-state index in [1.54, 1.807) is 6.20 Å². The molecule has 0 saturated heterocycles. The largest absolute Gasteiger partial charge is 0.481 e. The molecule has 2 heterocycles. The molecule has 1 aliphatic carbocycles. The molecular formula is C31H25N3O4. The Hall–Kier alpha value is -4.78. The third-order valence-electron chi connectivity index (χ3n) is 7.27. The van der Waals surface area contributed by atoms with Crippen LogP contribution in [0.5, 0.6) is 0 Å². The highest BCUT2D eigenvalue weighted by molar-refractivity contribution is 6.57. The van der Waals surface area contributed by atoms with E-state index in [0.29, 0.717) is 30.1 Å². The van der Waals surface area contributed by atoms with Crippen molar-refractivity contribution in [1.82, 2.24) is 4.98 Å². The van der Waals surface area contributed by atoms with Crippen molar-refractivity contribution in [2.75, 3.05) is 0 Å². The average Bonchev–Trinajstić information content (AvgIpc) is 3.52. The summed E-state index contributed by atoms with van der Waals surface area (Å²) in [5.41, 5.74) is 5.64. The van der Waals surface area contributed by atoms with Gasteiger partial charge in [0.25, 0.3) is 0 Å². The molecule has 188 valence electrons. The molecule has 4 aromatic rings. The van der Waals surface area contributed by atoms with Crippen molar-refractivity contribution in [1.29, 1.82) is 0 Å². The maximum atomic E-state index is 12.8. The number of carboxylic acids is 1. The number of H-pyrrole nitrogens is 1. The van der Waals surface area contributed by atoms with Gasteiger partial charge in [0, 0.05) is 17.3 Å². The number of amides is 1. The van der Waals surface area contributed by atoms with Crippen LogP contribution in [0.4, 0.5) is 10.6 Å². The van der Waals surface area contributed by atoms with Crippen molar-refractivity contribution in [3.8, 4) is 11.1 Å². The molecule has 1 unspecified atom stereocenters. The number of carboxylic acid groups (broad SMARTS) is 1. The number of hydrogen-bond acceptors (Lipinski definition) is 4. The minimum absolute atomic E-state index is 0.434. The number of benzene rings is 3. The summed E-state index contributed by atoms with van der Waals surface area (Å²) in [6, 6.07) is 27.0. The first-order valence-corrected chi connectivity index (χ1v) is 12.5. The van der Waals surface area contributed by atoms with E-state index < -0.39 is 23.6 Å². The van der Waals surface area contributed by atoms with Gasteiger partial charge in [-0.25, -0.2) is 9.79 Å². The van der Waals surface area contributed by atoms with E-state index in [1.807, 2.05) is 91.9 Å². The molecule has 1 saturated carbocycles. The summed E-state index contributed by atoms with van der Waals surface area (Å²) in [6.45, 7) is 1.82. The first-order chi connectivity index (χ1) is 18.4. The van der Waals surface area contributed by atoms with E-state index >= 15 is 0 Å². The summed E-state index contributed by atoms with van der Waals surface area (Å²) in [4.78, 5) is 36.5. The molecule has 2 aliphatic rings. The predicted octanol–water partition coefficient (Wildman–Crippen LogP) is 6.62. The fraction of sp³-hybridized carbons (Fsp3) is 0.161. The highest BCUT2D eigenvalue weighted by Crippen LogP contribution is 2.48. The SMILES string of the molecule is CC(OC(=O)/N=C1/C(c2ccc(-c3ccc(C4(C(=O)O)CC4)cc3)cc2)=Nc2[nH]ccc21)c1ccccc1. The molecule has 0 spiro atoms. The van der Waals surface area contributed by atoms with Crippen LogP contribution in [0, 0.1) is 0 Å². The smallest absolute Gasteiger partial charge is 0.434 e. The maximum Gasteiger partial charge on any atom is 0.434 e. The van der Waals surface area contributed by atoms with Gasteiger partial charge < -0.3 is 14.8 Å². The summed E-state index contributed by atoms with van der Waals surface area (Å²) >= 11 is 0. The van der Waals surface area contributed by atoms with Crippen LogP contribution in [-0.4, -0.2) is 33.6 Å². The Morgan fingerprint density at radius 1 is 0.921 bits per heavy atom. The number of nitrogens with zero attached hydrogens (tertiary/aromatic N) is 2. The van der Waals surface area contributed by atoms with Gasteiger partial charge in [-0.05, 0) is 48.1 Å². The van der Waals surface area contributed by atoms with Crippen molar-refractivity contribution in [3.05, 3.63) is 113 Å². The zero-order valence-electron chi connectivity index (χ0n) is 20.7. The Balaban J connectivity index is 1.23. The third-order valence-corrected chi connectivity index (χ3v) is 7.27. The molecule has 0 bridgehead atoms. The number of ether oxygens (including phenoxy) is 1. The van der Waals surface area contributed by atoms with Crippen molar-refractivity contribution in [2.24, 2.45) is 9.98 Å². The quantitative estimate of drug-likeness (QED) is 0.309. The minimum Gasteiger partial charge on any atom is -0.481 e. The van der Waals surface area contributed by atoms with Crippen molar-refractivity contribution >= 4 is 29.3 Å². The summed E-state index contributed by atoms with van der Waals surface area (Å²) in [5, 5.41) is 9.55. The van der Waals surface area contributed by atoms with E-state index in [4.69, 9.17) is 4.74 Å². The fourth-order valence-electron chi connectivity index (χ4n) is 4.87. The average molecular weight is 504 g/mol. The normalized spacial score (nSPS) is 17.0. The van der Waals surface area contributed by atoms with Gasteiger partial charge in [0.05, 0.1) is 11.1 Å². The van der Waals surface area contributed by atoms with Crippen LogP contribution >= 0.6 is 0 Å². The number of aromatic nitrogens is 1. The summed E-state index contributed by atoms with van der Waals surface area (Å²) < 4.78 is 5.58. The first-order valence-electron chi connectivity index (χ1n) is 12.5. The number of carbonyl (C=O) groups is 2.